The molecule has 1 aliphatic heterocycles. The number of aryl methyl sites for hydroxylation is 1. The molecule has 4 unspecified atom stereocenters. The normalized spacial score (nSPS) is 24.8. The molecule has 1 fully saturated rings. The predicted octanol–water partition coefficient (Wildman–Crippen LogP) is -0.718. The van der Waals surface area contributed by atoms with Gasteiger partial charge < -0.3 is 30.5 Å². The monoisotopic (exact) mass is 379 g/mol. The summed E-state index contributed by atoms with van der Waals surface area (Å²) in [5, 5.41) is 25.7. The van der Waals surface area contributed by atoms with E-state index in [9.17, 15) is 19.8 Å². The Hall–Kier alpha value is -2.00. The summed E-state index contributed by atoms with van der Waals surface area (Å²) in [5.74, 6) is -0.539. The topological polar surface area (TPSA) is 111 Å². The first-order valence-electron chi connectivity index (χ1n) is 9.06. The number of aliphatic hydroxyl groups is 2. The third-order valence-corrected chi connectivity index (χ3v) is 4.51. The van der Waals surface area contributed by atoms with E-state index in [1.165, 1.54) is 0 Å². The van der Waals surface area contributed by atoms with Gasteiger partial charge in [0, 0.05) is 25.2 Å². The van der Waals surface area contributed by atoms with Gasteiger partial charge in [-0.3, -0.25) is 9.59 Å². The highest BCUT2D eigenvalue weighted by Crippen LogP contribution is 2.23. The van der Waals surface area contributed by atoms with Crippen molar-refractivity contribution in [1.29, 1.82) is 0 Å². The maximum atomic E-state index is 12.2. The van der Waals surface area contributed by atoms with Crippen molar-refractivity contribution in [3.05, 3.63) is 35.4 Å². The van der Waals surface area contributed by atoms with E-state index in [2.05, 4.69) is 10.6 Å². The number of amides is 2. The fourth-order valence-corrected chi connectivity index (χ4v) is 2.84. The quantitative estimate of drug-likeness (QED) is 0.475. The second-order valence-corrected chi connectivity index (χ2v) is 7.13. The fourth-order valence-electron chi connectivity index (χ4n) is 2.84. The van der Waals surface area contributed by atoms with Gasteiger partial charge in [0.15, 0.2) is 0 Å². The highest BCUT2D eigenvalue weighted by molar-refractivity contribution is 5.94. The van der Waals surface area contributed by atoms with Crippen LogP contribution in [0, 0.1) is 6.92 Å². The Labute approximate surface area is 159 Å². The fraction of sp³-hybridized carbons (Fsp3) is 0.579. The van der Waals surface area contributed by atoms with Crippen molar-refractivity contribution >= 4 is 11.8 Å². The van der Waals surface area contributed by atoms with Crippen LogP contribution in [-0.2, 0) is 9.53 Å². The van der Waals surface area contributed by atoms with Crippen LogP contribution in [0.25, 0.3) is 0 Å². The Morgan fingerprint density at radius 2 is 1.70 bits per heavy atom. The van der Waals surface area contributed by atoms with Crippen LogP contribution in [-0.4, -0.2) is 85.1 Å². The zero-order chi connectivity index (χ0) is 20.0. The number of likely N-dealkylation sites (N-methyl/N-ethyl adjacent to an activating group) is 1. The van der Waals surface area contributed by atoms with Gasteiger partial charge in [-0.15, -0.1) is 0 Å². The molecule has 150 valence electrons. The number of carbonyl (C=O) groups is 2. The van der Waals surface area contributed by atoms with Crippen LogP contribution in [0.15, 0.2) is 24.3 Å². The Bertz CT molecular complexity index is 635. The summed E-state index contributed by atoms with van der Waals surface area (Å²) in [6.07, 6.45) is -3.96. The number of nitrogens with one attached hydrogen (secondary N) is 2. The number of aliphatic hydroxyl groups excluding tert-OH is 2. The number of carbonyl (C=O) groups excluding carboxylic acids is 2. The van der Waals surface area contributed by atoms with E-state index in [0.29, 0.717) is 18.7 Å². The van der Waals surface area contributed by atoms with Crippen LogP contribution in [0.4, 0.5) is 0 Å². The first-order chi connectivity index (χ1) is 12.8. The number of rotatable bonds is 8. The molecule has 27 heavy (non-hydrogen) atoms. The second kappa shape index (κ2) is 9.80. The minimum atomic E-state index is -1.18. The maximum Gasteiger partial charge on any atom is 0.251 e. The Kier molecular flexibility index (Phi) is 7.73. The van der Waals surface area contributed by atoms with Gasteiger partial charge in [0.2, 0.25) is 5.91 Å². The number of benzene rings is 1. The molecule has 0 spiro atoms. The standard InChI is InChI=1S/C19H29N3O5/c1-12-4-6-13(7-5-12)19(26)21-11-15-18(25)17(24)14(27-15)10-16(23)20-8-9-22(2)3/h4-7,14-15,17-18,24-25H,8-11H2,1-3H3,(H,20,23)(H,21,26). The van der Waals surface area contributed by atoms with E-state index in [-0.39, 0.29) is 24.8 Å². The molecule has 8 heteroatoms. The lowest BCUT2D eigenvalue weighted by Crippen LogP contribution is -2.40. The van der Waals surface area contributed by atoms with Crippen molar-refractivity contribution in [2.75, 3.05) is 33.7 Å². The van der Waals surface area contributed by atoms with Crippen LogP contribution >= 0.6 is 0 Å². The summed E-state index contributed by atoms with van der Waals surface area (Å²) < 4.78 is 5.60. The molecule has 4 N–H and O–H groups in total. The van der Waals surface area contributed by atoms with Crippen molar-refractivity contribution in [1.82, 2.24) is 15.5 Å². The van der Waals surface area contributed by atoms with Crippen molar-refractivity contribution in [2.45, 2.75) is 37.8 Å². The van der Waals surface area contributed by atoms with Crippen molar-refractivity contribution in [2.24, 2.45) is 0 Å². The Morgan fingerprint density at radius 3 is 2.33 bits per heavy atom. The van der Waals surface area contributed by atoms with Crippen molar-refractivity contribution in [3.63, 3.8) is 0 Å². The molecule has 0 aliphatic carbocycles. The van der Waals surface area contributed by atoms with E-state index in [1.807, 2.05) is 38.1 Å². The van der Waals surface area contributed by atoms with E-state index < -0.39 is 24.4 Å². The van der Waals surface area contributed by atoms with Crippen LogP contribution in [0.2, 0.25) is 0 Å². The van der Waals surface area contributed by atoms with Crippen molar-refractivity contribution < 1.29 is 24.5 Å². The van der Waals surface area contributed by atoms with Crippen LogP contribution in [0.1, 0.15) is 22.3 Å². The van der Waals surface area contributed by atoms with Crippen molar-refractivity contribution in [3.8, 4) is 0 Å². The average Bonchev–Trinajstić information content (AvgIpc) is 2.88. The lowest BCUT2D eigenvalue weighted by molar-refractivity contribution is -0.125. The average molecular weight is 379 g/mol. The largest absolute Gasteiger partial charge is 0.388 e. The molecule has 0 aromatic heterocycles. The molecule has 1 aliphatic rings. The first kappa shape index (κ1) is 21.3. The summed E-state index contributed by atoms with van der Waals surface area (Å²) in [6, 6.07) is 7.10. The Morgan fingerprint density at radius 1 is 1.07 bits per heavy atom. The summed E-state index contributed by atoms with van der Waals surface area (Å²) >= 11 is 0. The summed E-state index contributed by atoms with van der Waals surface area (Å²) in [4.78, 5) is 26.0. The SMILES string of the molecule is Cc1ccc(C(=O)NCC2OC(CC(=O)NCCN(C)C)C(O)C2O)cc1. The van der Waals surface area contributed by atoms with Gasteiger partial charge in [0.25, 0.3) is 5.91 Å². The van der Waals surface area contributed by atoms with Gasteiger partial charge in [0.05, 0.1) is 12.5 Å². The first-order valence-corrected chi connectivity index (χ1v) is 9.06. The molecule has 2 rings (SSSR count). The van der Waals surface area contributed by atoms with Gasteiger partial charge >= 0.3 is 0 Å². The molecule has 0 radical (unpaired) electrons. The summed E-state index contributed by atoms with van der Waals surface area (Å²) in [7, 11) is 3.81. The van der Waals surface area contributed by atoms with E-state index in [4.69, 9.17) is 4.74 Å². The molecule has 4 atom stereocenters. The highest BCUT2D eigenvalue weighted by atomic mass is 16.5. The molecule has 0 saturated carbocycles. The smallest absolute Gasteiger partial charge is 0.251 e. The molecular weight excluding hydrogens is 350 g/mol. The van der Waals surface area contributed by atoms with E-state index in [0.717, 1.165) is 5.56 Å². The summed E-state index contributed by atoms with van der Waals surface area (Å²) in [5.41, 5.74) is 1.56. The molecule has 1 aromatic carbocycles. The number of hydrogen-bond acceptors (Lipinski definition) is 6. The van der Waals surface area contributed by atoms with E-state index in [1.54, 1.807) is 12.1 Å². The van der Waals surface area contributed by atoms with Crippen LogP contribution < -0.4 is 10.6 Å². The molecule has 0 bridgehead atoms. The second-order valence-electron chi connectivity index (χ2n) is 7.13. The summed E-state index contributed by atoms with van der Waals surface area (Å²) in [6.45, 7) is 3.18. The number of nitrogens with zero attached hydrogens (tertiary/aromatic N) is 1. The maximum absolute atomic E-state index is 12.2. The molecular formula is C19H29N3O5. The minimum Gasteiger partial charge on any atom is -0.388 e. The lowest BCUT2D eigenvalue weighted by Gasteiger charge is -2.15. The molecule has 1 aromatic rings. The zero-order valence-electron chi connectivity index (χ0n) is 16.0. The van der Waals surface area contributed by atoms with Crippen LogP contribution in [0.3, 0.4) is 0 Å². The van der Waals surface area contributed by atoms with Gasteiger partial charge in [-0.05, 0) is 33.2 Å². The third kappa shape index (κ3) is 6.28. The number of hydrogen-bond donors (Lipinski definition) is 4. The minimum absolute atomic E-state index is 0.0453. The molecule has 1 heterocycles. The Balaban J connectivity index is 1.80. The van der Waals surface area contributed by atoms with Gasteiger partial charge in [0.1, 0.15) is 18.3 Å². The van der Waals surface area contributed by atoms with Gasteiger partial charge in [-0.25, -0.2) is 0 Å². The molecule has 1 saturated heterocycles. The third-order valence-electron chi connectivity index (χ3n) is 4.51. The van der Waals surface area contributed by atoms with Gasteiger partial charge in [-0.1, -0.05) is 17.7 Å². The predicted molar refractivity (Wildman–Crippen MR) is 100 cm³/mol. The number of ether oxygens (including phenoxy) is 1. The lowest BCUT2D eigenvalue weighted by atomic mass is 10.1. The molecule has 2 amide bonds. The van der Waals surface area contributed by atoms with E-state index >= 15 is 0 Å². The van der Waals surface area contributed by atoms with Gasteiger partial charge in [-0.2, -0.15) is 0 Å². The highest BCUT2D eigenvalue weighted by Gasteiger charge is 2.43. The zero-order valence-corrected chi connectivity index (χ0v) is 16.0. The van der Waals surface area contributed by atoms with Crippen LogP contribution in [0.5, 0.6) is 0 Å². The molecule has 8 nitrogen and oxygen atoms in total.